The van der Waals surface area contributed by atoms with Crippen LogP contribution in [0.3, 0.4) is 0 Å². The van der Waals surface area contributed by atoms with Crippen molar-refractivity contribution in [1.29, 1.82) is 0 Å². The molecule has 2 aromatic carbocycles. The first-order valence-electron chi connectivity index (χ1n) is 8.64. The van der Waals surface area contributed by atoms with Gasteiger partial charge in [-0.25, -0.2) is 0 Å². The van der Waals surface area contributed by atoms with Crippen LogP contribution in [0.25, 0.3) is 0 Å². The van der Waals surface area contributed by atoms with Gasteiger partial charge in [-0.1, -0.05) is 24.3 Å². The van der Waals surface area contributed by atoms with Gasteiger partial charge in [-0.05, 0) is 67.0 Å². The zero-order chi connectivity index (χ0) is 17.1. The van der Waals surface area contributed by atoms with Gasteiger partial charge in [0.15, 0.2) is 11.5 Å². The molecule has 3 nitrogen and oxygen atoms in total. The number of aliphatic hydroxyl groups excluding tert-OH is 1. The van der Waals surface area contributed by atoms with Gasteiger partial charge in [0.05, 0.1) is 20.3 Å². The molecule has 2 atom stereocenters. The average molecular weight is 326 g/mol. The molecule has 2 aromatic rings. The van der Waals surface area contributed by atoms with Gasteiger partial charge < -0.3 is 14.6 Å². The van der Waals surface area contributed by atoms with Gasteiger partial charge >= 0.3 is 0 Å². The topological polar surface area (TPSA) is 38.7 Å². The predicted octanol–water partition coefficient (Wildman–Crippen LogP) is 4.10. The second-order valence-electron chi connectivity index (χ2n) is 6.58. The van der Waals surface area contributed by atoms with Crippen molar-refractivity contribution in [3.8, 4) is 11.5 Å². The average Bonchev–Trinajstić information content (AvgIpc) is 2.75. The van der Waals surface area contributed by atoms with E-state index in [0.717, 1.165) is 37.2 Å². The minimum Gasteiger partial charge on any atom is -0.493 e. The van der Waals surface area contributed by atoms with E-state index in [1.165, 1.54) is 22.3 Å². The Kier molecular flexibility index (Phi) is 5.10. The molecule has 0 aliphatic heterocycles. The molecule has 0 heterocycles. The molecule has 0 spiro atoms. The normalized spacial score (nSPS) is 17.4. The Labute approximate surface area is 144 Å². The minimum atomic E-state index is -0.288. The number of aliphatic hydroxyl groups is 1. The number of ether oxygens (including phenoxy) is 2. The number of fused-ring (bicyclic) bond motifs is 2. The summed E-state index contributed by atoms with van der Waals surface area (Å²) in [4.78, 5) is 0. The highest BCUT2D eigenvalue weighted by Crippen LogP contribution is 2.42. The molecule has 3 rings (SSSR count). The van der Waals surface area contributed by atoms with Crippen molar-refractivity contribution in [3.05, 3.63) is 58.7 Å². The third kappa shape index (κ3) is 3.27. The summed E-state index contributed by atoms with van der Waals surface area (Å²) in [6.45, 7) is 1.86. The van der Waals surface area contributed by atoms with Crippen LogP contribution < -0.4 is 9.47 Å². The molecule has 0 aromatic heterocycles. The second kappa shape index (κ2) is 7.27. The molecule has 1 aliphatic carbocycles. The van der Waals surface area contributed by atoms with Crippen molar-refractivity contribution >= 4 is 0 Å². The van der Waals surface area contributed by atoms with E-state index in [0.29, 0.717) is 0 Å². The fourth-order valence-corrected chi connectivity index (χ4v) is 3.74. The van der Waals surface area contributed by atoms with E-state index >= 15 is 0 Å². The lowest BCUT2D eigenvalue weighted by molar-refractivity contribution is 0.180. The van der Waals surface area contributed by atoms with Crippen LogP contribution in [0.2, 0.25) is 0 Å². The number of methoxy groups -OCH3 is 2. The molecule has 2 unspecified atom stereocenters. The first-order valence-corrected chi connectivity index (χ1v) is 8.64. The van der Waals surface area contributed by atoms with Crippen LogP contribution in [0.15, 0.2) is 36.4 Å². The Morgan fingerprint density at radius 1 is 1.00 bits per heavy atom. The zero-order valence-corrected chi connectivity index (χ0v) is 14.7. The molecule has 0 saturated carbocycles. The Morgan fingerprint density at radius 2 is 1.67 bits per heavy atom. The van der Waals surface area contributed by atoms with E-state index in [9.17, 15) is 5.11 Å². The van der Waals surface area contributed by atoms with Crippen LogP contribution in [0.4, 0.5) is 0 Å². The smallest absolute Gasteiger partial charge is 0.161 e. The lowest BCUT2D eigenvalue weighted by Crippen LogP contribution is -2.09. The summed E-state index contributed by atoms with van der Waals surface area (Å²) in [6.07, 6.45) is 3.45. The van der Waals surface area contributed by atoms with Gasteiger partial charge in [-0.3, -0.25) is 0 Å². The quantitative estimate of drug-likeness (QED) is 0.899. The lowest BCUT2D eigenvalue weighted by Gasteiger charge is -2.22. The van der Waals surface area contributed by atoms with Crippen molar-refractivity contribution < 1.29 is 14.6 Å². The Morgan fingerprint density at radius 3 is 2.38 bits per heavy atom. The molecule has 24 heavy (non-hydrogen) atoms. The Bertz CT molecular complexity index is 706. The van der Waals surface area contributed by atoms with E-state index < -0.39 is 0 Å². The number of aryl methyl sites for hydroxylation is 2. The molecular formula is C21H26O3. The van der Waals surface area contributed by atoms with Crippen LogP contribution in [-0.4, -0.2) is 25.4 Å². The molecular weight excluding hydrogens is 300 g/mol. The van der Waals surface area contributed by atoms with Crippen LogP contribution in [0.1, 0.15) is 47.9 Å². The lowest BCUT2D eigenvalue weighted by atomic mass is 9.84. The molecule has 1 aliphatic rings. The summed E-state index contributed by atoms with van der Waals surface area (Å²) in [5.74, 6) is 1.85. The highest BCUT2D eigenvalue weighted by atomic mass is 16.5. The Balaban J connectivity index is 2.11. The highest BCUT2D eigenvalue weighted by Gasteiger charge is 2.25. The fourth-order valence-electron chi connectivity index (χ4n) is 3.74. The van der Waals surface area contributed by atoms with Crippen molar-refractivity contribution in [2.24, 2.45) is 0 Å². The number of hydrogen-bond donors (Lipinski definition) is 1. The fraction of sp³-hybridized carbons (Fsp3) is 0.429. The van der Waals surface area contributed by atoms with Crippen LogP contribution in [0.5, 0.6) is 11.5 Å². The van der Waals surface area contributed by atoms with Gasteiger partial charge in [0.1, 0.15) is 0 Å². The van der Waals surface area contributed by atoms with Crippen molar-refractivity contribution in [2.45, 2.75) is 44.6 Å². The number of rotatable bonds is 5. The second-order valence-corrected chi connectivity index (χ2v) is 6.58. The van der Waals surface area contributed by atoms with Crippen LogP contribution in [-0.2, 0) is 12.8 Å². The molecule has 0 amide bonds. The number of hydrogen-bond acceptors (Lipinski definition) is 3. The SMILES string of the molecule is COc1cc2c(cc1OC)C(CCC(C)O)c1ccccc1CC2. The molecule has 0 fully saturated rings. The Hall–Kier alpha value is -2.00. The van der Waals surface area contributed by atoms with Gasteiger partial charge in [0.2, 0.25) is 0 Å². The summed E-state index contributed by atoms with van der Waals surface area (Å²) < 4.78 is 11.0. The summed E-state index contributed by atoms with van der Waals surface area (Å²) in [6, 6.07) is 12.9. The summed E-state index contributed by atoms with van der Waals surface area (Å²) in [5, 5.41) is 9.79. The van der Waals surface area contributed by atoms with E-state index in [1.807, 2.05) is 6.92 Å². The zero-order valence-electron chi connectivity index (χ0n) is 14.7. The maximum absolute atomic E-state index is 9.79. The first kappa shape index (κ1) is 16.8. The van der Waals surface area contributed by atoms with Crippen LogP contribution in [0, 0.1) is 0 Å². The van der Waals surface area contributed by atoms with Crippen molar-refractivity contribution in [2.75, 3.05) is 14.2 Å². The first-order chi connectivity index (χ1) is 11.6. The molecule has 0 saturated heterocycles. The van der Waals surface area contributed by atoms with Gasteiger partial charge in [0, 0.05) is 5.92 Å². The summed E-state index contributed by atoms with van der Waals surface area (Å²) in [7, 11) is 3.36. The summed E-state index contributed by atoms with van der Waals surface area (Å²) in [5.41, 5.74) is 5.41. The van der Waals surface area contributed by atoms with E-state index in [4.69, 9.17) is 9.47 Å². The van der Waals surface area contributed by atoms with E-state index in [2.05, 4.69) is 36.4 Å². The van der Waals surface area contributed by atoms with E-state index in [-0.39, 0.29) is 12.0 Å². The maximum Gasteiger partial charge on any atom is 0.161 e. The highest BCUT2D eigenvalue weighted by molar-refractivity contribution is 5.53. The van der Waals surface area contributed by atoms with Crippen molar-refractivity contribution in [1.82, 2.24) is 0 Å². The minimum absolute atomic E-state index is 0.285. The predicted molar refractivity (Wildman–Crippen MR) is 96.2 cm³/mol. The van der Waals surface area contributed by atoms with Gasteiger partial charge in [-0.2, -0.15) is 0 Å². The van der Waals surface area contributed by atoms with Crippen molar-refractivity contribution in [3.63, 3.8) is 0 Å². The third-order valence-electron chi connectivity index (χ3n) is 4.99. The van der Waals surface area contributed by atoms with Gasteiger partial charge in [-0.15, -0.1) is 0 Å². The molecule has 1 N–H and O–H groups in total. The summed E-state index contributed by atoms with van der Waals surface area (Å²) >= 11 is 0. The largest absolute Gasteiger partial charge is 0.493 e. The molecule has 0 radical (unpaired) electrons. The monoisotopic (exact) mass is 326 g/mol. The maximum atomic E-state index is 9.79. The van der Waals surface area contributed by atoms with Gasteiger partial charge in [0.25, 0.3) is 0 Å². The third-order valence-corrected chi connectivity index (χ3v) is 4.99. The molecule has 0 bridgehead atoms. The van der Waals surface area contributed by atoms with E-state index in [1.54, 1.807) is 14.2 Å². The molecule has 128 valence electrons. The van der Waals surface area contributed by atoms with Crippen LogP contribution >= 0.6 is 0 Å². The standard InChI is InChI=1S/C21H26O3/c1-14(22)8-11-18-17-7-5-4-6-15(17)9-10-16-12-20(23-2)21(24-3)13-19(16)18/h4-7,12-14,18,22H,8-11H2,1-3H3. The number of benzene rings is 2. The molecule has 3 heteroatoms.